The van der Waals surface area contributed by atoms with Crippen LogP contribution in [0.2, 0.25) is 0 Å². The van der Waals surface area contributed by atoms with E-state index in [4.69, 9.17) is 0 Å². The Morgan fingerprint density at radius 2 is 1.50 bits per heavy atom. The predicted molar refractivity (Wildman–Crippen MR) is 101 cm³/mol. The van der Waals surface area contributed by atoms with Gasteiger partial charge in [-0.25, -0.2) is 8.42 Å². The van der Waals surface area contributed by atoms with Gasteiger partial charge in [-0.2, -0.15) is 26.3 Å². The van der Waals surface area contributed by atoms with Crippen molar-refractivity contribution in [2.45, 2.75) is 42.0 Å². The van der Waals surface area contributed by atoms with Gasteiger partial charge in [-0.15, -0.1) is 0 Å². The minimum absolute atomic E-state index is 0.240. The number of carbonyl (C=O) groups excluding carboxylic acids is 1. The van der Waals surface area contributed by atoms with Gasteiger partial charge in [0.1, 0.15) is 0 Å². The molecule has 0 heterocycles. The van der Waals surface area contributed by atoms with Crippen LogP contribution < -0.4 is 10.0 Å². The molecule has 172 valence electrons. The van der Waals surface area contributed by atoms with Crippen LogP contribution in [0.1, 0.15) is 35.2 Å². The first kappa shape index (κ1) is 22.4. The molecule has 0 aliphatic heterocycles. The summed E-state index contributed by atoms with van der Waals surface area (Å²) in [5.41, 5.74) is -5.17. The van der Waals surface area contributed by atoms with E-state index in [9.17, 15) is 39.6 Å². The molecule has 2 bridgehead atoms. The van der Waals surface area contributed by atoms with E-state index in [-0.39, 0.29) is 24.2 Å². The smallest absolute Gasteiger partial charge is 0.346 e. The topological polar surface area (TPSA) is 75.3 Å². The molecule has 5 rings (SSSR count). The maximum absolute atomic E-state index is 13.2. The van der Waals surface area contributed by atoms with E-state index in [0.717, 1.165) is 6.07 Å². The molecule has 0 atom stereocenters. The lowest BCUT2D eigenvalue weighted by Gasteiger charge is -2.70. The zero-order chi connectivity index (χ0) is 23.6. The van der Waals surface area contributed by atoms with Gasteiger partial charge in [-0.05, 0) is 49.6 Å². The molecule has 0 spiro atoms. The summed E-state index contributed by atoms with van der Waals surface area (Å²) in [5.74, 6) is -0.958. The Balaban J connectivity index is 1.62. The number of benzene rings is 2. The maximum atomic E-state index is 13.2. The molecule has 32 heavy (non-hydrogen) atoms. The third-order valence-corrected chi connectivity index (χ3v) is 7.28. The van der Waals surface area contributed by atoms with E-state index in [0.29, 0.717) is 12.1 Å². The molecule has 0 unspecified atom stereocenters. The standard InChI is InChI=1S/C20H16F6N2O3S/c21-19(22,23)12-6-7-14(15(8-12)28-32(30,31)13-4-2-1-3-5-13)16(29)27-18-9-17(10-18,11-18)20(24,25)26/h1-8,28H,9-11H2,(H,27,29). The number of halogens is 6. The van der Waals surface area contributed by atoms with Crippen molar-refractivity contribution in [1.29, 1.82) is 0 Å². The average Bonchev–Trinajstić information content (AvgIpc) is 2.62. The lowest BCUT2D eigenvalue weighted by molar-refractivity contribution is -0.336. The fourth-order valence-corrected chi connectivity index (χ4v) is 5.43. The summed E-state index contributed by atoms with van der Waals surface area (Å²) >= 11 is 0. The van der Waals surface area contributed by atoms with Crippen molar-refractivity contribution in [3.05, 3.63) is 59.7 Å². The Morgan fingerprint density at radius 3 is 2.03 bits per heavy atom. The quantitative estimate of drug-likeness (QED) is 0.611. The first-order chi connectivity index (χ1) is 14.7. The fraction of sp³-hybridized carbons (Fsp3) is 0.350. The van der Waals surface area contributed by atoms with Crippen LogP contribution >= 0.6 is 0 Å². The predicted octanol–water partition coefficient (Wildman–Crippen LogP) is 4.72. The zero-order valence-electron chi connectivity index (χ0n) is 16.1. The average molecular weight is 478 g/mol. The second-order valence-corrected chi connectivity index (χ2v) is 9.90. The highest BCUT2D eigenvalue weighted by Crippen LogP contribution is 2.73. The van der Waals surface area contributed by atoms with Crippen LogP contribution in [0.25, 0.3) is 0 Å². The highest BCUT2D eigenvalue weighted by molar-refractivity contribution is 7.92. The van der Waals surface area contributed by atoms with Gasteiger partial charge in [0.25, 0.3) is 15.9 Å². The summed E-state index contributed by atoms with van der Waals surface area (Å²) in [6, 6.07) is 8.68. The van der Waals surface area contributed by atoms with Crippen molar-refractivity contribution in [3.63, 3.8) is 0 Å². The van der Waals surface area contributed by atoms with E-state index >= 15 is 0 Å². The molecule has 0 saturated heterocycles. The van der Waals surface area contributed by atoms with E-state index in [1.165, 1.54) is 24.3 Å². The molecular weight excluding hydrogens is 462 g/mol. The molecule has 0 aromatic heterocycles. The van der Waals surface area contributed by atoms with Gasteiger partial charge in [0, 0.05) is 5.54 Å². The third kappa shape index (κ3) is 3.70. The minimum atomic E-state index is -4.81. The van der Waals surface area contributed by atoms with Gasteiger partial charge in [-0.1, -0.05) is 18.2 Å². The van der Waals surface area contributed by atoms with Crippen LogP contribution in [-0.2, 0) is 16.2 Å². The van der Waals surface area contributed by atoms with E-state index in [1.807, 2.05) is 4.72 Å². The summed E-state index contributed by atoms with van der Waals surface area (Å²) in [4.78, 5) is 12.5. The van der Waals surface area contributed by atoms with Crippen molar-refractivity contribution in [1.82, 2.24) is 5.32 Å². The number of alkyl halides is 6. The van der Waals surface area contributed by atoms with Gasteiger partial charge in [0.15, 0.2) is 0 Å². The Morgan fingerprint density at radius 1 is 0.906 bits per heavy atom. The van der Waals surface area contributed by atoms with Crippen molar-refractivity contribution < 1.29 is 39.6 Å². The summed E-state index contributed by atoms with van der Waals surface area (Å²) < 4.78 is 106. The molecule has 3 aliphatic rings. The molecule has 3 fully saturated rings. The van der Waals surface area contributed by atoms with Gasteiger partial charge >= 0.3 is 12.4 Å². The molecule has 3 aliphatic carbocycles. The number of hydrogen-bond donors (Lipinski definition) is 2. The molecule has 2 aromatic rings. The lowest BCUT2D eigenvalue weighted by Crippen LogP contribution is -2.78. The summed E-state index contributed by atoms with van der Waals surface area (Å²) in [5, 5.41) is 2.44. The number of rotatable bonds is 5. The Bertz CT molecular complexity index is 1160. The van der Waals surface area contributed by atoms with Crippen molar-refractivity contribution in [2.24, 2.45) is 5.41 Å². The number of carbonyl (C=O) groups is 1. The van der Waals surface area contributed by atoms with Gasteiger partial charge in [0.2, 0.25) is 0 Å². The molecule has 0 radical (unpaired) electrons. The number of nitrogens with one attached hydrogen (secondary N) is 2. The number of anilines is 1. The minimum Gasteiger partial charge on any atom is -0.346 e. The molecule has 5 nitrogen and oxygen atoms in total. The van der Waals surface area contributed by atoms with E-state index < -0.39 is 56.1 Å². The second kappa shape index (κ2) is 6.87. The first-order valence-electron chi connectivity index (χ1n) is 9.35. The fourth-order valence-electron chi connectivity index (χ4n) is 4.34. The van der Waals surface area contributed by atoms with Gasteiger partial charge in [0.05, 0.1) is 27.1 Å². The first-order valence-corrected chi connectivity index (χ1v) is 10.8. The van der Waals surface area contributed by atoms with Crippen LogP contribution in [-0.4, -0.2) is 26.0 Å². The molecule has 3 saturated carbocycles. The highest BCUT2D eigenvalue weighted by atomic mass is 32.2. The lowest BCUT2D eigenvalue weighted by atomic mass is 9.39. The maximum Gasteiger partial charge on any atom is 0.416 e. The van der Waals surface area contributed by atoms with Crippen LogP contribution in [0.5, 0.6) is 0 Å². The SMILES string of the molecule is O=C(NC12CC(C(F)(F)F)(C1)C2)c1ccc(C(F)(F)F)cc1NS(=O)(=O)c1ccccc1. The molecular formula is C20H16F6N2O3S. The number of hydrogen-bond acceptors (Lipinski definition) is 3. The second-order valence-electron chi connectivity index (χ2n) is 8.22. The van der Waals surface area contributed by atoms with E-state index in [2.05, 4.69) is 5.32 Å². The normalized spacial score (nSPS) is 24.8. The Labute approximate surface area is 178 Å². The van der Waals surface area contributed by atoms with Crippen molar-refractivity contribution in [2.75, 3.05) is 4.72 Å². The van der Waals surface area contributed by atoms with Crippen LogP contribution in [0.4, 0.5) is 32.0 Å². The zero-order valence-corrected chi connectivity index (χ0v) is 17.0. The molecule has 2 aromatic carbocycles. The summed E-state index contributed by atoms with van der Waals surface area (Å²) in [6.07, 6.45) is -10.2. The van der Waals surface area contributed by atoms with Crippen molar-refractivity contribution >= 4 is 21.6 Å². The van der Waals surface area contributed by atoms with Crippen molar-refractivity contribution in [3.8, 4) is 0 Å². The largest absolute Gasteiger partial charge is 0.416 e. The monoisotopic (exact) mass is 478 g/mol. The molecule has 12 heteroatoms. The Kier molecular flexibility index (Phi) is 4.81. The van der Waals surface area contributed by atoms with Gasteiger partial charge < -0.3 is 5.32 Å². The highest BCUT2D eigenvalue weighted by Gasteiger charge is 2.79. The molecule has 1 amide bonds. The summed E-state index contributed by atoms with van der Waals surface area (Å²) in [6.45, 7) is 0. The van der Waals surface area contributed by atoms with Crippen LogP contribution in [0.15, 0.2) is 53.4 Å². The molecule has 2 N–H and O–H groups in total. The number of amides is 1. The van der Waals surface area contributed by atoms with E-state index in [1.54, 1.807) is 6.07 Å². The van der Waals surface area contributed by atoms with Crippen LogP contribution in [0.3, 0.4) is 0 Å². The third-order valence-electron chi connectivity index (χ3n) is 5.90. The summed E-state index contributed by atoms with van der Waals surface area (Å²) in [7, 11) is -4.33. The Hall–Kier alpha value is -2.76. The number of sulfonamides is 1. The van der Waals surface area contributed by atoms with Gasteiger partial charge in [-0.3, -0.25) is 9.52 Å². The van der Waals surface area contributed by atoms with Crippen LogP contribution in [0, 0.1) is 5.41 Å².